The van der Waals surface area contributed by atoms with E-state index < -0.39 is 12.1 Å². The Bertz CT molecular complexity index is 256. The van der Waals surface area contributed by atoms with Crippen LogP contribution in [0.2, 0.25) is 0 Å². The molecule has 0 radical (unpaired) electrons. The summed E-state index contributed by atoms with van der Waals surface area (Å²) in [4.78, 5) is 2.17. The summed E-state index contributed by atoms with van der Waals surface area (Å²) in [5, 5.41) is 3.28. The zero-order valence-electron chi connectivity index (χ0n) is 12.3. The quantitative estimate of drug-likeness (QED) is 0.803. The van der Waals surface area contributed by atoms with Gasteiger partial charge in [0.15, 0.2) is 0 Å². The molecule has 0 spiro atoms. The average Bonchev–Trinajstić information content (AvgIpc) is 2.35. The van der Waals surface area contributed by atoms with Crippen LogP contribution in [0.3, 0.4) is 0 Å². The molecule has 3 unspecified atom stereocenters. The number of likely N-dealkylation sites (N-methyl/N-ethyl adjacent to an activating group) is 1. The van der Waals surface area contributed by atoms with Gasteiger partial charge < -0.3 is 10.2 Å². The largest absolute Gasteiger partial charge is 0.392 e. The van der Waals surface area contributed by atoms with Crippen molar-refractivity contribution in [3.05, 3.63) is 0 Å². The molecule has 1 fully saturated rings. The van der Waals surface area contributed by atoms with E-state index in [9.17, 15) is 13.2 Å². The van der Waals surface area contributed by atoms with Crippen LogP contribution >= 0.6 is 0 Å². The lowest BCUT2D eigenvalue weighted by Crippen LogP contribution is -2.43. The van der Waals surface area contributed by atoms with Crippen LogP contribution in [0.5, 0.6) is 0 Å². The molecule has 1 rings (SSSR count). The Morgan fingerprint density at radius 3 is 2.47 bits per heavy atom. The first-order valence-electron chi connectivity index (χ1n) is 7.33. The van der Waals surface area contributed by atoms with Crippen LogP contribution in [0.25, 0.3) is 0 Å². The molecule has 1 aliphatic rings. The SMILES string of the molecule is CCN(C)CC(C)NCC1CCCCC1C(F)(F)F. The summed E-state index contributed by atoms with van der Waals surface area (Å²) in [7, 11) is 2.03. The van der Waals surface area contributed by atoms with Crippen LogP contribution in [-0.2, 0) is 0 Å². The smallest absolute Gasteiger partial charge is 0.313 e. The molecule has 1 N–H and O–H groups in total. The maximum atomic E-state index is 12.9. The maximum Gasteiger partial charge on any atom is 0.392 e. The molecule has 0 amide bonds. The zero-order valence-corrected chi connectivity index (χ0v) is 12.3. The Balaban J connectivity index is 2.41. The van der Waals surface area contributed by atoms with Gasteiger partial charge in [0.1, 0.15) is 0 Å². The lowest BCUT2D eigenvalue weighted by Gasteiger charge is -2.34. The van der Waals surface area contributed by atoms with Crippen LogP contribution in [0, 0.1) is 11.8 Å². The van der Waals surface area contributed by atoms with E-state index in [1.54, 1.807) is 0 Å². The number of nitrogens with zero attached hydrogens (tertiary/aromatic N) is 1. The molecular weight excluding hydrogens is 253 g/mol. The summed E-state index contributed by atoms with van der Waals surface area (Å²) in [6.45, 7) is 6.44. The van der Waals surface area contributed by atoms with Crippen molar-refractivity contribution in [3.8, 4) is 0 Å². The van der Waals surface area contributed by atoms with Gasteiger partial charge in [-0.15, -0.1) is 0 Å². The molecule has 1 aliphatic carbocycles. The molecule has 1 saturated carbocycles. The maximum absolute atomic E-state index is 12.9. The Labute approximate surface area is 114 Å². The first-order chi connectivity index (χ1) is 8.84. The molecule has 0 bridgehead atoms. The predicted octanol–water partition coefficient (Wildman–Crippen LogP) is 3.28. The number of hydrogen-bond donors (Lipinski definition) is 1. The molecule has 0 aromatic rings. The van der Waals surface area contributed by atoms with E-state index in [0.717, 1.165) is 25.9 Å². The molecule has 0 aliphatic heterocycles. The standard InChI is InChI=1S/C14H27F3N2/c1-4-19(3)10-11(2)18-9-12-7-5-6-8-13(12)14(15,16)17/h11-13,18H,4-10H2,1-3H3. The molecule has 114 valence electrons. The topological polar surface area (TPSA) is 15.3 Å². The normalized spacial score (nSPS) is 26.7. The van der Waals surface area contributed by atoms with Crippen LogP contribution in [-0.4, -0.2) is 43.8 Å². The summed E-state index contributed by atoms with van der Waals surface area (Å²) >= 11 is 0. The van der Waals surface area contributed by atoms with Gasteiger partial charge in [0.05, 0.1) is 5.92 Å². The molecule has 0 aromatic carbocycles. The average molecular weight is 280 g/mol. The van der Waals surface area contributed by atoms with E-state index in [1.807, 2.05) is 14.0 Å². The van der Waals surface area contributed by atoms with E-state index in [1.165, 1.54) is 0 Å². The molecule has 19 heavy (non-hydrogen) atoms. The van der Waals surface area contributed by atoms with Gasteiger partial charge in [-0.25, -0.2) is 0 Å². The van der Waals surface area contributed by atoms with Crippen molar-refractivity contribution >= 4 is 0 Å². The van der Waals surface area contributed by atoms with Gasteiger partial charge in [0.2, 0.25) is 0 Å². The summed E-state index contributed by atoms with van der Waals surface area (Å²) < 4.78 is 38.8. The van der Waals surface area contributed by atoms with Crippen molar-refractivity contribution < 1.29 is 13.2 Å². The fourth-order valence-corrected chi connectivity index (χ4v) is 2.90. The van der Waals surface area contributed by atoms with Crippen molar-refractivity contribution in [1.82, 2.24) is 10.2 Å². The lowest BCUT2D eigenvalue weighted by atomic mass is 9.78. The van der Waals surface area contributed by atoms with Crippen LogP contribution in [0.4, 0.5) is 13.2 Å². The number of hydrogen-bond acceptors (Lipinski definition) is 2. The Hall–Kier alpha value is -0.290. The van der Waals surface area contributed by atoms with Crippen LogP contribution < -0.4 is 5.32 Å². The third-order valence-electron chi connectivity index (χ3n) is 4.18. The van der Waals surface area contributed by atoms with E-state index in [0.29, 0.717) is 19.4 Å². The number of nitrogens with one attached hydrogen (secondary N) is 1. The second-order valence-corrected chi connectivity index (χ2v) is 5.86. The molecule has 0 saturated heterocycles. The van der Waals surface area contributed by atoms with Crippen molar-refractivity contribution in [2.45, 2.75) is 51.7 Å². The minimum absolute atomic E-state index is 0.237. The van der Waals surface area contributed by atoms with Gasteiger partial charge in [0, 0.05) is 12.6 Å². The lowest BCUT2D eigenvalue weighted by molar-refractivity contribution is -0.195. The first kappa shape index (κ1) is 16.8. The first-order valence-corrected chi connectivity index (χ1v) is 7.33. The number of alkyl halides is 3. The fraction of sp³-hybridized carbons (Fsp3) is 1.00. The van der Waals surface area contributed by atoms with Crippen molar-refractivity contribution in [3.63, 3.8) is 0 Å². The molecule has 2 nitrogen and oxygen atoms in total. The summed E-state index contributed by atoms with van der Waals surface area (Å²) in [5.74, 6) is -1.35. The second kappa shape index (κ2) is 7.48. The van der Waals surface area contributed by atoms with Gasteiger partial charge in [0.25, 0.3) is 0 Å². The zero-order chi connectivity index (χ0) is 14.5. The molecule has 3 atom stereocenters. The number of rotatable bonds is 6. The van der Waals surface area contributed by atoms with E-state index in [-0.39, 0.29) is 12.0 Å². The predicted molar refractivity (Wildman–Crippen MR) is 72.1 cm³/mol. The van der Waals surface area contributed by atoms with E-state index >= 15 is 0 Å². The summed E-state index contributed by atoms with van der Waals surface area (Å²) in [6, 6.07) is 0.237. The fourth-order valence-electron chi connectivity index (χ4n) is 2.90. The van der Waals surface area contributed by atoms with Gasteiger partial charge in [-0.1, -0.05) is 19.8 Å². The van der Waals surface area contributed by atoms with Crippen LogP contribution in [0.15, 0.2) is 0 Å². The third kappa shape index (κ3) is 5.69. The molecule has 0 aromatic heterocycles. The van der Waals surface area contributed by atoms with E-state index in [2.05, 4.69) is 17.1 Å². The Kier molecular flexibility index (Phi) is 6.60. The van der Waals surface area contributed by atoms with Crippen molar-refractivity contribution in [1.29, 1.82) is 0 Å². The van der Waals surface area contributed by atoms with Gasteiger partial charge in [-0.2, -0.15) is 13.2 Å². The highest BCUT2D eigenvalue weighted by Gasteiger charge is 2.45. The summed E-state index contributed by atoms with van der Waals surface area (Å²) in [6.07, 6.45) is -1.38. The minimum Gasteiger partial charge on any atom is -0.313 e. The van der Waals surface area contributed by atoms with Gasteiger partial charge in [-0.05, 0) is 45.8 Å². The van der Waals surface area contributed by atoms with Gasteiger partial charge >= 0.3 is 6.18 Å². The highest BCUT2D eigenvalue weighted by Crippen LogP contribution is 2.41. The molecular formula is C14H27F3N2. The highest BCUT2D eigenvalue weighted by atomic mass is 19.4. The second-order valence-electron chi connectivity index (χ2n) is 5.86. The van der Waals surface area contributed by atoms with Crippen molar-refractivity contribution in [2.24, 2.45) is 11.8 Å². The molecule has 5 heteroatoms. The Morgan fingerprint density at radius 1 is 1.26 bits per heavy atom. The van der Waals surface area contributed by atoms with Gasteiger partial charge in [-0.3, -0.25) is 0 Å². The third-order valence-corrected chi connectivity index (χ3v) is 4.18. The molecule has 0 heterocycles. The van der Waals surface area contributed by atoms with Crippen molar-refractivity contribution in [2.75, 3.05) is 26.7 Å². The summed E-state index contributed by atoms with van der Waals surface area (Å²) in [5.41, 5.74) is 0. The Morgan fingerprint density at radius 2 is 1.89 bits per heavy atom. The monoisotopic (exact) mass is 280 g/mol. The minimum atomic E-state index is -4.03. The van der Waals surface area contributed by atoms with E-state index in [4.69, 9.17) is 0 Å². The highest BCUT2D eigenvalue weighted by molar-refractivity contribution is 4.82. The van der Waals surface area contributed by atoms with Crippen LogP contribution in [0.1, 0.15) is 39.5 Å². The number of halogens is 3.